The predicted octanol–water partition coefficient (Wildman–Crippen LogP) is 4.03. The van der Waals surface area contributed by atoms with Crippen molar-refractivity contribution in [2.24, 2.45) is 17.1 Å². The maximum Gasteiger partial charge on any atom is 0.244 e. The van der Waals surface area contributed by atoms with Crippen LogP contribution in [0.1, 0.15) is 44.2 Å². The lowest BCUT2D eigenvalue weighted by Crippen LogP contribution is -2.54. The number of hydrogen-bond donors (Lipinski definition) is 3. The van der Waals surface area contributed by atoms with Gasteiger partial charge in [-0.25, -0.2) is 0 Å². The number of primary amides is 1. The van der Waals surface area contributed by atoms with E-state index in [4.69, 9.17) is 19.9 Å². The van der Waals surface area contributed by atoms with Crippen molar-refractivity contribution in [1.82, 2.24) is 10.2 Å². The molecule has 43 heavy (non-hydrogen) atoms. The fourth-order valence-electron chi connectivity index (χ4n) is 5.92. The third-order valence-corrected chi connectivity index (χ3v) is 7.99. The number of carbonyl (C=O) groups is 2. The van der Waals surface area contributed by atoms with Crippen LogP contribution in [0.25, 0.3) is 0 Å². The Morgan fingerprint density at radius 1 is 1.00 bits per heavy atom. The highest BCUT2D eigenvalue weighted by Crippen LogP contribution is 2.44. The second-order valence-corrected chi connectivity index (χ2v) is 11.0. The zero-order valence-electron chi connectivity index (χ0n) is 26.1. The first-order valence-corrected chi connectivity index (χ1v) is 14.9. The van der Waals surface area contributed by atoms with E-state index in [1.165, 1.54) is 0 Å². The quantitative estimate of drug-likeness (QED) is 0.253. The molecule has 0 aromatic heterocycles. The SMILES string of the molecule is CCCN(CCC)C(=O)C1([C@H](Cc2ccccc2)[C@@H](O)CNCc2cc(OC)c(OC)c(OC)c2)C=CC=C(C(N)=O)C1. The van der Waals surface area contributed by atoms with Gasteiger partial charge in [-0.05, 0) is 48.9 Å². The molecule has 9 heteroatoms. The zero-order valence-corrected chi connectivity index (χ0v) is 26.1. The number of carbonyl (C=O) groups excluding carboxylic acids is 2. The van der Waals surface area contributed by atoms with E-state index in [-0.39, 0.29) is 18.9 Å². The van der Waals surface area contributed by atoms with Crippen LogP contribution in [0.3, 0.4) is 0 Å². The van der Waals surface area contributed by atoms with Gasteiger partial charge in [-0.2, -0.15) is 0 Å². The van der Waals surface area contributed by atoms with Gasteiger partial charge in [0, 0.05) is 37.7 Å². The second kappa shape index (κ2) is 16.1. The summed E-state index contributed by atoms with van der Waals surface area (Å²) in [5.41, 5.74) is 6.83. The molecular weight excluding hydrogens is 546 g/mol. The molecule has 1 aliphatic rings. The summed E-state index contributed by atoms with van der Waals surface area (Å²) in [7, 11) is 4.69. The first-order valence-electron chi connectivity index (χ1n) is 14.9. The van der Waals surface area contributed by atoms with Gasteiger partial charge in [0.05, 0.1) is 32.8 Å². The lowest BCUT2D eigenvalue weighted by molar-refractivity contribution is -0.145. The Bertz CT molecular complexity index is 1250. The highest BCUT2D eigenvalue weighted by atomic mass is 16.5. The number of nitrogens with zero attached hydrogens (tertiary/aromatic N) is 1. The third kappa shape index (κ3) is 8.18. The molecule has 234 valence electrons. The average Bonchev–Trinajstić information content (AvgIpc) is 3.02. The minimum absolute atomic E-state index is 0.0936. The van der Waals surface area contributed by atoms with Crippen LogP contribution in [0.2, 0.25) is 0 Å². The van der Waals surface area contributed by atoms with Crippen molar-refractivity contribution in [2.45, 2.75) is 52.2 Å². The van der Waals surface area contributed by atoms with Crippen molar-refractivity contribution in [1.29, 1.82) is 0 Å². The van der Waals surface area contributed by atoms with Crippen molar-refractivity contribution in [2.75, 3.05) is 41.0 Å². The average molecular weight is 594 g/mol. The molecule has 2 aromatic carbocycles. The highest BCUT2D eigenvalue weighted by Gasteiger charge is 2.49. The Labute approximate surface area is 255 Å². The summed E-state index contributed by atoms with van der Waals surface area (Å²) < 4.78 is 16.4. The van der Waals surface area contributed by atoms with Crippen molar-refractivity contribution < 1.29 is 28.9 Å². The molecule has 4 N–H and O–H groups in total. The number of allylic oxidation sites excluding steroid dienone is 2. The zero-order chi connectivity index (χ0) is 31.4. The Morgan fingerprint density at radius 2 is 1.63 bits per heavy atom. The molecule has 3 atom stereocenters. The molecule has 3 rings (SSSR count). The van der Waals surface area contributed by atoms with Gasteiger partial charge < -0.3 is 35.3 Å². The standard InChI is InChI=1S/C34H47N3O6/c1-6-16-37(17-7-2)33(40)34(15-11-14-26(21-34)32(35)39)27(18-24-12-9-8-10-13-24)28(38)23-36-22-25-19-29(41-3)31(43-5)30(20-25)42-4/h8-15,19-20,27-28,36,38H,6-7,16-18,21-23H2,1-5H3,(H2,35,39)/t27-,28+,34?/m1/s1. The molecule has 0 saturated heterocycles. The first kappa shape index (κ1) is 33.7. The summed E-state index contributed by atoms with van der Waals surface area (Å²) in [5, 5.41) is 15.3. The van der Waals surface area contributed by atoms with E-state index in [1.54, 1.807) is 33.5 Å². The maximum absolute atomic E-state index is 14.5. The lowest BCUT2D eigenvalue weighted by Gasteiger charge is -2.44. The maximum atomic E-state index is 14.5. The van der Waals surface area contributed by atoms with E-state index in [1.807, 2.05) is 67.3 Å². The van der Waals surface area contributed by atoms with Crippen LogP contribution in [0.15, 0.2) is 66.3 Å². The molecule has 1 aliphatic carbocycles. The fourth-order valence-corrected chi connectivity index (χ4v) is 5.92. The van der Waals surface area contributed by atoms with Crippen LogP contribution < -0.4 is 25.3 Å². The number of nitrogens with one attached hydrogen (secondary N) is 1. The van der Waals surface area contributed by atoms with Crippen molar-refractivity contribution >= 4 is 11.8 Å². The highest BCUT2D eigenvalue weighted by molar-refractivity contribution is 5.95. The largest absolute Gasteiger partial charge is 0.493 e. The van der Waals surface area contributed by atoms with Crippen molar-refractivity contribution in [3.05, 3.63) is 77.4 Å². The van der Waals surface area contributed by atoms with Gasteiger partial charge in [-0.3, -0.25) is 9.59 Å². The number of rotatable bonds is 17. The number of aliphatic hydroxyl groups is 1. The summed E-state index contributed by atoms with van der Waals surface area (Å²) in [6, 6.07) is 13.5. The van der Waals surface area contributed by atoms with E-state index in [0.717, 1.165) is 24.0 Å². The molecule has 0 aliphatic heterocycles. The molecule has 2 aromatic rings. The number of ether oxygens (including phenoxy) is 3. The number of amides is 2. The predicted molar refractivity (Wildman–Crippen MR) is 168 cm³/mol. The third-order valence-electron chi connectivity index (χ3n) is 7.99. The van der Waals surface area contributed by atoms with Crippen LogP contribution in [0, 0.1) is 11.3 Å². The molecule has 0 radical (unpaired) electrons. The van der Waals surface area contributed by atoms with E-state index in [0.29, 0.717) is 48.9 Å². The molecule has 0 heterocycles. The van der Waals surface area contributed by atoms with Crippen molar-refractivity contribution in [3.8, 4) is 17.2 Å². The van der Waals surface area contributed by atoms with E-state index in [9.17, 15) is 14.7 Å². The van der Waals surface area contributed by atoms with E-state index >= 15 is 0 Å². The number of benzene rings is 2. The first-order chi connectivity index (χ1) is 20.7. The summed E-state index contributed by atoms with van der Waals surface area (Å²) in [6.45, 7) is 5.87. The van der Waals surface area contributed by atoms with Gasteiger partial charge in [0.1, 0.15) is 0 Å². The monoisotopic (exact) mass is 593 g/mol. The molecular formula is C34H47N3O6. The van der Waals surface area contributed by atoms with Crippen LogP contribution in [-0.2, 0) is 22.6 Å². The van der Waals surface area contributed by atoms with Gasteiger partial charge >= 0.3 is 0 Å². The molecule has 0 spiro atoms. The van der Waals surface area contributed by atoms with Crippen LogP contribution >= 0.6 is 0 Å². The van der Waals surface area contributed by atoms with Gasteiger partial charge in [-0.1, -0.05) is 62.4 Å². The summed E-state index contributed by atoms with van der Waals surface area (Å²) in [5.74, 6) is 0.372. The lowest BCUT2D eigenvalue weighted by atomic mass is 9.64. The Morgan fingerprint density at radius 3 is 2.16 bits per heavy atom. The van der Waals surface area contributed by atoms with Gasteiger partial charge in [0.25, 0.3) is 0 Å². The molecule has 9 nitrogen and oxygen atoms in total. The van der Waals surface area contributed by atoms with Crippen LogP contribution in [0.4, 0.5) is 0 Å². The Kier molecular flexibility index (Phi) is 12.6. The van der Waals surface area contributed by atoms with E-state index < -0.39 is 23.3 Å². The van der Waals surface area contributed by atoms with Gasteiger partial charge in [0.2, 0.25) is 17.6 Å². The summed E-state index contributed by atoms with van der Waals surface area (Å²) in [6.07, 6.45) is 6.51. The summed E-state index contributed by atoms with van der Waals surface area (Å²) >= 11 is 0. The smallest absolute Gasteiger partial charge is 0.244 e. The second-order valence-electron chi connectivity index (χ2n) is 11.0. The number of methoxy groups -OCH3 is 3. The van der Waals surface area contributed by atoms with E-state index in [2.05, 4.69) is 5.32 Å². The molecule has 2 amide bonds. The minimum Gasteiger partial charge on any atom is -0.493 e. The van der Waals surface area contributed by atoms with Gasteiger partial charge in [-0.15, -0.1) is 0 Å². The Hall–Kier alpha value is -3.82. The number of aliphatic hydroxyl groups excluding tert-OH is 1. The van der Waals surface area contributed by atoms with Crippen LogP contribution in [-0.4, -0.2) is 68.9 Å². The fraction of sp³-hybridized carbons (Fsp3) is 0.471. The topological polar surface area (TPSA) is 123 Å². The molecule has 0 fully saturated rings. The molecule has 0 saturated carbocycles. The number of hydrogen-bond acceptors (Lipinski definition) is 7. The van der Waals surface area contributed by atoms with Crippen molar-refractivity contribution in [3.63, 3.8) is 0 Å². The Balaban J connectivity index is 1.98. The molecule has 1 unspecified atom stereocenters. The summed E-state index contributed by atoms with van der Waals surface area (Å²) in [4.78, 5) is 28.8. The molecule has 0 bridgehead atoms. The number of nitrogens with two attached hydrogens (primary N) is 1. The van der Waals surface area contributed by atoms with Crippen LogP contribution in [0.5, 0.6) is 17.2 Å². The van der Waals surface area contributed by atoms with Gasteiger partial charge in [0.15, 0.2) is 11.5 Å². The normalized spacial score (nSPS) is 17.5. The minimum atomic E-state index is -1.16.